The van der Waals surface area contributed by atoms with Crippen LogP contribution in [0.4, 0.5) is 4.79 Å². The number of rotatable bonds is 4. The lowest BCUT2D eigenvalue weighted by Crippen LogP contribution is -2.48. The molecule has 0 aromatic heterocycles. The van der Waals surface area contributed by atoms with Crippen molar-refractivity contribution in [2.75, 3.05) is 19.8 Å². The quantitative estimate of drug-likeness (QED) is 0.914. The van der Waals surface area contributed by atoms with Gasteiger partial charge in [-0.3, -0.25) is 9.59 Å². The van der Waals surface area contributed by atoms with Crippen molar-refractivity contribution in [1.82, 2.24) is 10.2 Å². The van der Waals surface area contributed by atoms with Gasteiger partial charge >= 0.3 is 5.24 Å². The minimum Gasteiger partial charge on any atom is -0.357 e. The molecule has 20 heavy (non-hydrogen) atoms. The lowest BCUT2D eigenvalue weighted by Gasteiger charge is -2.28. The first kappa shape index (κ1) is 14.6. The van der Waals surface area contributed by atoms with Gasteiger partial charge in [-0.1, -0.05) is 42.1 Å². The van der Waals surface area contributed by atoms with E-state index >= 15 is 0 Å². The zero-order chi connectivity index (χ0) is 14.5. The maximum Gasteiger partial charge on any atom is 0.306 e. The SMILES string of the molecule is CNC(=O)[C@H](Cc1ccccc1)N(C)C1=NC(=O)SC1. The van der Waals surface area contributed by atoms with E-state index in [9.17, 15) is 9.59 Å². The fraction of sp³-hybridized carbons (Fsp3) is 0.357. The summed E-state index contributed by atoms with van der Waals surface area (Å²) in [5.74, 6) is 1.10. The molecule has 0 fully saturated rings. The molecule has 0 radical (unpaired) electrons. The Hall–Kier alpha value is -1.82. The Kier molecular flexibility index (Phi) is 4.79. The Labute approximate surface area is 122 Å². The fourth-order valence-corrected chi connectivity index (χ4v) is 2.76. The van der Waals surface area contributed by atoms with Crippen molar-refractivity contribution in [3.63, 3.8) is 0 Å². The van der Waals surface area contributed by atoms with Gasteiger partial charge in [0.1, 0.15) is 11.9 Å². The predicted octanol–water partition coefficient (Wildman–Crippen LogP) is 1.54. The fourth-order valence-electron chi connectivity index (χ4n) is 2.07. The third kappa shape index (κ3) is 3.39. The first-order valence-electron chi connectivity index (χ1n) is 6.34. The number of amides is 2. The topological polar surface area (TPSA) is 61.8 Å². The molecule has 0 saturated carbocycles. The van der Waals surface area contributed by atoms with Gasteiger partial charge in [-0.05, 0) is 5.56 Å². The summed E-state index contributed by atoms with van der Waals surface area (Å²) in [6.07, 6.45) is 0.578. The molecule has 106 valence electrons. The normalized spacial score (nSPS) is 15.7. The van der Waals surface area contributed by atoms with E-state index in [-0.39, 0.29) is 17.2 Å². The van der Waals surface area contributed by atoms with E-state index in [1.165, 1.54) is 0 Å². The Morgan fingerprint density at radius 2 is 2.15 bits per heavy atom. The largest absolute Gasteiger partial charge is 0.357 e. The standard InChI is InChI=1S/C14H17N3O2S/c1-15-13(18)11(8-10-6-4-3-5-7-10)17(2)12-9-20-14(19)16-12/h3-7,11H,8-9H2,1-2H3,(H,15,18)/t11-/m0/s1. The molecular weight excluding hydrogens is 274 g/mol. The number of likely N-dealkylation sites (N-methyl/N-ethyl adjacent to an activating group) is 2. The Balaban J connectivity index is 2.17. The van der Waals surface area contributed by atoms with Crippen LogP contribution in [0.2, 0.25) is 0 Å². The Morgan fingerprint density at radius 3 is 2.70 bits per heavy atom. The van der Waals surface area contributed by atoms with E-state index in [2.05, 4.69) is 10.3 Å². The summed E-state index contributed by atoms with van der Waals surface area (Å²) in [6.45, 7) is 0. The van der Waals surface area contributed by atoms with Gasteiger partial charge in [0.05, 0.1) is 5.75 Å². The molecule has 1 aromatic rings. The van der Waals surface area contributed by atoms with Gasteiger partial charge in [-0.25, -0.2) is 0 Å². The van der Waals surface area contributed by atoms with E-state index < -0.39 is 0 Å². The Morgan fingerprint density at radius 1 is 1.45 bits per heavy atom. The van der Waals surface area contributed by atoms with Crippen molar-refractivity contribution in [2.45, 2.75) is 12.5 Å². The molecule has 2 rings (SSSR count). The number of hydrogen-bond donors (Lipinski definition) is 1. The molecule has 1 aromatic carbocycles. The maximum atomic E-state index is 12.1. The summed E-state index contributed by atoms with van der Waals surface area (Å²) in [5.41, 5.74) is 1.07. The van der Waals surface area contributed by atoms with Crippen LogP contribution in [-0.4, -0.2) is 47.8 Å². The highest BCUT2D eigenvalue weighted by molar-refractivity contribution is 8.14. The smallest absolute Gasteiger partial charge is 0.306 e. The van der Waals surface area contributed by atoms with Gasteiger partial charge in [0, 0.05) is 20.5 Å². The molecule has 0 unspecified atom stereocenters. The van der Waals surface area contributed by atoms with Gasteiger partial charge in [0.15, 0.2) is 0 Å². The number of thioether (sulfide) groups is 1. The van der Waals surface area contributed by atoms with Crippen molar-refractivity contribution in [1.29, 1.82) is 0 Å². The molecule has 1 atom stereocenters. The third-order valence-corrected chi connectivity index (χ3v) is 3.98. The first-order valence-corrected chi connectivity index (χ1v) is 7.33. The number of carbonyl (C=O) groups excluding carboxylic acids is 2. The number of aliphatic imine (C=N–C) groups is 1. The molecule has 0 aliphatic carbocycles. The van der Waals surface area contributed by atoms with Crippen LogP contribution in [0.3, 0.4) is 0 Å². The number of amidine groups is 1. The number of hydrogen-bond acceptors (Lipinski definition) is 4. The number of nitrogens with one attached hydrogen (secondary N) is 1. The molecular formula is C14H17N3O2S. The third-order valence-electron chi connectivity index (χ3n) is 3.24. The van der Waals surface area contributed by atoms with E-state index in [1.807, 2.05) is 30.3 Å². The van der Waals surface area contributed by atoms with E-state index in [0.717, 1.165) is 17.3 Å². The highest BCUT2D eigenvalue weighted by Crippen LogP contribution is 2.18. The van der Waals surface area contributed by atoms with Crippen molar-refractivity contribution in [2.24, 2.45) is 4.99 Å². The van der Waals surface area contributed by atoms with Gasteiger partial charge in [0.2, 0.25) is 5.91 Å². The lowest BCUT2D eigenvalue weighted by atomic mass is 10.0. The highest BCUT2D eigenvalue weighted by Gasteiger charge is 2.28. The summed E-state index contributed by atoms with van der Waals surface area (Å²) in [7, 11) is 3.42. The van der Waals surface area contributed by atoms with Crippen LogP contribution in [0.5, 0.6) is 0 Å². The van der Waals surface area contributed by atoms with E-state index in [4.69, 9.17) is 0 Å². The predicted molar refractivity (Wildman–Crippen MR) is 81.1 cm³/mol. The Bertz CT molecular complexity index is 530. The summed E-state index contributed by atoms with van der Waals surface area (Å²) < 4.78 is 0. The van der Waals surface area contributed by atoms with Crippen molar-refractivity contribution >= 4 is 28.7 Å². The van der Waals surface area contributed by atoms with Gasteiger partial charge in [-0.2, -0.15) is 4.99 Å². The second-order valence-electron chi connectivity index (χ2n) is 4.51. The molecule has 6 heteroatoms. The highest BCUT2D eigenvalue weighted by atomic mass is 32.2. The summed E-state index contributed by atoms with van der Waals surface area (Å²) >= 11 is 1.16. The second-order valence-corrected chi connectivity index (χ2v) is 5.44. The zero-order valence-corrected chi connectivity index (χ0v) is 12.3. The van der Waals surface area contributed by atoms with Gasteiger partial charge in [0.25, 0.3) is 0 Å². The summed E-state index contributed by atoms with van der Waals surface area (Å²) in [6, 6.07) is 9.44. The molecule has 0 spiro atoms. The minimum atomic E-state index is -0.368. The van der Waals surface area contributed by atoms with Crippen molar-refractivity contribution in [3.05, 3.63) is 35.9 Å². The molecule has 0 saturated heterocycles. The molecule has 1 aliphatic heterocycles. The molecule has 1 heterocycles. The zero-order valence-electron chi connectivity index (χ0n) is 11.5. The van der Waals surface area contributed by atoms with Crippen LogP contribution in [0, 0.1) is 0 Å². The van der Waals surface area contributed by atoms with Crippen molar-refractivity contribution in [3.8, 4) is 0 Å². The number of benzene rings is 1. The van der Waals surface area contributed by atoms with Crippen LogP contribution in [0.25, 0.3) is 0 Å². The number of carbonyl (C=O) groups is 2. The van der Waals surface area contributed by atoms with Crippen LogP contribution >= 0.6 is 11.8 Å². The minimum absolute atomic E-state index is 0.0802. The summed E-state index contributed by atoms with van der Waals surface area (Å²) in [4.78, 5) is 29.1. The molecule has 1 aliphatic rings. The van der Waals surface area contributed by atoms with E-state index in [0.29, 0.717) is 18.0 Å². The molecule has 0 bridgehead atoms. The van der Waals surface area contributed by atoms with Crippen LogP contribution in [-0.2, 0) is 11.2 Å². The molecule has 5 nitrogen and oxygen atoms in total. The van der Waals surface area contributed by atoms with Crippen LogP contribution in [0.15, 0.2) is 35.3 Å². The molecule has 1 N–H and O–H groups in total. The van der Waals surface area contributed by atoms with Crippen LogP contribution < -0.4 is 5.32 Å². The lowest BCUT2D eigenvalue weighted by molar-refractivity contribution is -0.124. The first-order chi connectivity index (χ1) is 9.61. The van der Waals surface area contributed by atoms with Crippen LogP contribution in [0.1, 0.15) is 5.56 Å². The average molecular weight is 291 g/mol. The monoisotopic (exact) mass is 291 g/mol. The average Bonchev–Trinajstić information content (AvgIpc) is 2.91. The second kappa shape index (κ2) is 6.56. The van der Waals surface area contributed by atoms with Crippen molar-refractivity contribution < 1.29 is 9.59 Å². The van der Waals surface area contributed by atoms with Gasteiger partial charge in [-0.15, -0.1) is 0 Å². The maximum absolute atomic E-state index is 12.1. The molecule has 2 amide bonds. The summed E-state index contributed by atoms with van der Waals surface area (Å²) in [5, 5.41) is 2.48. The van der Waals surface area contributed by atoms with Gasteiger partial charge < -0.3 is 10.2 Å². The van der Waals surface area contributed by atoms with E-state index in [1.54, 1.807) is 19.0 Å². The number of nitrogens with zero attached hydrogens (tertiary/aromatic N) is 2.